The maximum absolute atomic E-state index is 5.23. The van der Waals surface area contributed by atoms with Gasteiger partial charge in [-0.05, 0) is 40.2 Å². The Morgan fingerprint density at radius 3 is 2.79 bits per heavy atom. The number of fused-ring (bicyclic) bond motifs is 1. The van der Waals surface area contributed by atoms with Crippen molar-refractivity contribution in [3.8, 4) is 17.0 Å². The maximum Gasteiger partial charge on any atom is 0.137 e. The van der Waals surface area contributed by atoms with Crippen LogP contribution in [0.25, 0.3) is 16.9 Å². The Hall–Kier alpha value is -1.08. The average molecular weight is 430 g/mol. The van der Waals surface area contributed by atoms with Crippen molar-refractivity contribution in [3.05, 3.63) is 53.3 Å². The van der Waals surface area contributed by atoms with E-state index in [1.54, 1.807) is 7.11 Å². The molecule has 2 heterocycles. The van der Waals surface area contributed by atoms with Gasteiger partial charge in [0.2, 0.25) is 0 Å². The summed E-state index contributed by atoms with van der Waals surface area (Å²) in [6.07, 6.45) is 4.00. The zero-order valence-corrected chi connectivity index (χ0v) is 13.9. The monoisotopic (exact) mass is 429 g/mol. The van der Waals surface area contributed by atoms with E-state index in [0.29, 0.717) is 0 Å². The molecule has 0 aliphatic rings. The molecule has 3 rings (SSSR count). The molecular weight excluding hydrogens is 419 g/mol. The lowest BCUT2D eigenvalue weighted by molar-refractivity contribution is -0.00000386. The molecule has 0 spiro atoms. The van der Waals surface area contributed by atoms with Crippen molar-refractivity contribution in [1.82, 2.24) is 9.38 Å². The van der Waals surface area contributed by atoms with Gasteiger partial charge in [0.25, 0.3) is 0 Å². The standard InChI is InChI=1S/C14H11BrN2O.HI/c1-18-12-4-2-3-10(7-12)13-9-17-8-11(15)5-6-14(17)16-13;/h2-9H,1H3;1H/p-1. The van der Waals surface area contributed by atoms with E-state index >= 15 is 0 Å². The van der Waals surface area contributed by atoms with E-state index in [0.717, 1.165) is 27.1 Å². The Balaban J connectivity index is 0.00000133. The van der Waals surface area contributed by atoms with Crippen molar-refractivity contribution < 1.29 is 28.7 Å². The van der Waals surface area contributed by atoms with Gasteiger partial charge >= 0.3 is 0 Å². The van der Waals surface area contributed by atoms with Crippen LogP contribution in [-0.4, -0.2) is 16.5 Å². The highest BCUT2D eigenvalue weighted by molar-refractivity contribution is 9.10. The van der Waals surface area contributed by atoms with Crippen molar-refractivity contribution in [2.24, 2.45) is 0 Å². The summed E-state index contributed by atoms with van der Waals surface area (Å²) in [5, 5.41) is 0. The van der Waals surface area contributed by atoms with E-state index in [4.69, 9.17) is 4.74 Å². The number of halogens is 2. The molecule has 0 atom stereocenters. The second-order valence-electron chi connectivity index (χ2n) is 3.97. The van der Waals surface area contributed by atoms with Gasteiger partial charge in [-0.3, -0.25) is 0 Å². The van der Waals surface area contributed by atoms with E-state index < -0.39 is 0 Å². The first kappa shape index (κ1) is 14.3. The van der Waals surface area contributed by atoms with Gasteiger partial charge in [0.1, 0.15) is 11.4 Å². The highest BCUT2D eigenvalue weighted by Gasteiger charge is 2.05. The van der Waals surface area contributed by atoms with Crippen LogP contribution in [0, 0.1) is 0 Å². The van der Waals surface area contributed by atoms with Gasteiger partial charge in [0.05, 0.1) is 12.8 Å². The molecule has 0 radical (unpaired) electrons. The molecule has 3 nitrogen and oxygen atoms in total. The number of hydrogen-bond acceptors (Lipinski definition) is 2. The molecule has 3 aromatic rings. The van der Waals surface area contributed by atoms with Crippen LogP contribution in [-0.2, 0) is 0 Å². The molecule has 0 saturated carbocycles. The second-order valence-corrected chi connectivity index (χ2v) is 4.89. The molecule has 0 fully saturated rings. The normalized spacial score (nSPS) is 10.2. The van der Waals surface area contributed by atoms with Crippen LogP contribution in [0.1, 0.15) is 0 Å². The van der Waals surface area contributed by atoms with E-state index in [1.807, 2.05) is 53.2 Å². The Morgan fingerprint density at radius 1 is 1.16 bits per heavy atom. The van der Waals surface area contributed by atoms with Crippen LogP contribution in [0.4, 0.5) is 0 Å². The van der Waals surface area contributed by atoms with Crippen LogP contribution in [0.5, 0.6) is 5.75 Å². The number of rotatable bonds is 2. The minimum atomic E-state index is 0. The van der Waals surface area contributed by atoms with Crippen molar-refractivity contribution >= 4 is 21.6 Å². The number of nitrogens with zero attached hydrogens (tertiary/aromatic N) is 2. The summed E-state index contributed by atoms with van der Waals surface area (Å²) in [4.78, 5) is 4.59. The summed E-state index contributed by atoms with van der Waals surface area (Å²) in [6, 6.07) is 11.9. The molecule has 0 amide bonds. The molecule has 0 bridgehead atoms. The van der Waals surface area contributed by atoms with Crippen molar-refractivity contribution in [1.29, 1.82) is 0 Å². The fraction of sp³-hybridized carbons (Fsp3) is 0.0714. The van der Waals surface area contributed by atoms with Gasteiger partial charge in [-0.25, -0.2) is 4.98 Å². The molecule has 5 heteroatoms. The minimum absolute atomic E-state index is 0. The summed E-state index contributed by atoms with van der Waals surface area (Å²) >= 11 is 3.45. The maximum atomic E-state index is 5.23. The van der Waals surface area contributed by atoms with Crippen LogP contribution in [0.2, 0.25) is 0 Å². The van der Waals surface area contributed by atoms with Gasteiger partial charge < -0.3 is 33.1 Å². The number of imidazole rings is 1. The third-order valence-corrected chi connectivity index (χ3v) is 3.25. The van der Waals surface area contributed by atoms with E-state index in [-0.39, 0.29) is 24.0 Å². The van der Waals surface area contributed by atoms with Gasteiger partial charge in [0.15, 0.2) is 0 Å². The van der Waals surface area contributed by atoms with Crippen LogP contribution < -0.4 is 28.7 Å². The molecule has 19 heavy (non-hydrogen) atoms. The Bertz CT molecular complexity index is 711. The smallest absolute Gasteiger partial charge is 0.137 e. The fourth-order valence-electron chi connectivity index (χ4n) is 1.89. The molecular formula is C14H11BrIN2O-. The van der Waals surface area contributed by atoms with E-state index in [2.05, 4.69) is 20.9 Å². The number of hydrogen-bond donors (Lipinski definition) is 0. The molecule has 0 aliphatic heterocycles. The zero-order valence-electron chi connectivity index (χ0n) is 10.2. The topological polar surface area (TPSA) is 26.5 Å². The highest BCUT2D eigenvalue weighted by Crippen LogP contribution is 2.24. The SMILES string of the molecule is COc1cccc(-c2cn3cc(Br)ccc3n2)c1.[I-]. The largest absolute Gasteiger partial charge is 1.00 e. The van der Waals surface area contributed by atoms with Gasteiger partial charge in [0, 0.05) is 22.4 Å². The Labute approximate surface area is 136 Å². The van der Waals surface area contributed by atoms with Crippen molar-refractivity contribution in [3.63, 3.8) is 0 Å². The third-order valence-electron chi connectivity index (χ3n) is 2.78. The van der Waals surface area contributed by atoms with Gasteiger partial charge in [-0.1, -0.05) is 12.1 Å². The first-order chi connectivity index (χ1) is 8.76. The number of pyridine rings is 1. The predicted octanol–water partition coefficient (Wildman–Crippen LogP) is 0.776. The van der Waals surface area contributed by atoms with Crippen LogP contribution >= 0.6 is 15.9 Å². The highest BCUT2D eigenvalue weighted by atomic mass is 127. The minimum Gasteiger partial charge on any atom is -1.00 e. The number of methoxy groups -OCH3 is 1. The number of benzene rings is 1. The second kappa shape index (κ2) is 5.92. The average Bonchev–Trinajstić information content (AvgIpc) is 2.81. The first-order valence-electron chi connectivity index (χ1n) is 5.55. The quantitative estimate of drug-likeness (QED) is 0.563. The summed E-state index contributed by atoms with van der Waals surface area (Å²) in [5.74, 6) is 0.839. The molecule has 98 valence electrons. The predicted molar refractivity (Wildman–Crippen MR) is 74.9 cm³/mol. The van der Waals surface area contributed by atoms with Crippen LogP contribution in [0.3, 0.4) is 0 Å². The number of ether oxygens (including phenoxy) is 1. The zero-order chi connectivity index (χ0) is 12.5. The Morgan fingerprint density at radius 2 is 2.00 bits per heavy atom. The lowest BCUT2D eigenvalue weighted by Gasteiger charge is -2.00. The lowest BCUT2D eigenvalue weighted by atomic mass is 10.1. The van der Waals surface area contributed by atoms with Crippen molar-refractivity contribution in [2.45, 2.75) is 0 Å². The number of aromatic nitrogens is 2. The molecule has 0 N–H and O–H groups in total. The van der Waals surface area contributed by atoms with E-state index in [1.165, 1.54) is 0 Å². The Kier molecular flexibility index (Phi) is 4.46. The van der Waals surface area contributed by atoms with Gasteiger partial charge in [-0.2, -0.15) is 0 Å². The molecule has 0 saturated heterocycles. The molecule has 2 aromatic heterocycles. The molecule has 0 unspecified atom stereocenters. The fourth-order valence-corrected chi connectivity index (χ4v) is 2.24. The lowest BCUT2D eigenvalue weighted by Crippen LogP contribution is -3.00. The van der Waals surface area contributed by atoms with Gasteiger partial charge in [-0.15, -0.1) is 0 Å². The van der Waals surface area contributed by atoms with Crippen molar-refractivity contribution in [2.75, 3.05) is 7.11 Å². The molecule has 0 aliphatic carbocycles. The first-order valence-corrected chi connectivity index (χ1v) is 6.34. The van der Waals surface area contributed by atoms with Crippen LogP contribution in [0.15, 0.2) is 53.3 Å². The van der Waals surface area contributed by atoms with E-state index in [9.17, 15) is 0 Å². The molecule has 1 aromatic carbocycles. The summed E-state index contributed by atoms with van der Waals surface area (Å²) in [6.45, 7) is 0. The summed E-state index contributed by atoms with van der Waals surface area (Å²) in [7, 11) is 1.67. The summed E-state index contributed by atoms with van der Waals surface area (Å²) < 4.78 is 8.26. The summed E-state index contributed by atoms with van der Waals surface area (Å²) in [5.41, 5.74) is 2.91. The third kappa shape index (κ3) is 2.92.